The predicted molar refractivity (Wildman–Crippen MR) is 105 cm³/mol. The van der Waals surface area contributed by atoms with E-state index in [1.807, 2.05) is 24.3 Å². The van der Waals surface area contributed by atoms with Crippen LogP contribution in [0.3, 0.4) is 0 Å². The third-order valence-electron chi connectivity index (χ3n) is 4.32. The molecule has 0 saturated carbocycles. The van der Waals surface area contributed by atoms with E-state index in [0.717, 1.165) is 45.0 Å². The number of rotatable bonds is 8. The fourth-order valence-electron chi connectivity index (χ4n) is 2.80. The quantitative estimate of drug-likeness (QED) is 0.717. The number of ether oxygens (including phenoxy) is 1. The summed E-state index contributed by atoms with van der Waals surface area (Å²) in [6, 6.07) is 7.61. The molecule has 1 amide bonds. The second kappa shape index (κ2) is 10.2. The number of hydrogen-bond donors (Lipinski definition) is 2. The van der Waals surface area contributed by atoms with Crippen molar-refractivity contribution in [3.8, 4) is 0 Å². The van der Waals surface area contributed by atoms with E-state index >= 15 is 0 Å². The van der Waals surface area contributed by atoms with Crippen molar-refractivity contribution in [1.29, 1.82) is 0 Å². The summed E-state index contributed by atoms with van der Waals surface area (Å²) in [7, 11) is 0. The number of anilines is 1. The summed E-state index contributed by atoms with van der Waals surface area (Å²) in [4.78, 5) is 22.9. The Bertz CT molecular complexity index is 735. The van der Waals surface area contributed by atoms with Crippen LogP contribution in [0.5, 0.6) is 0 Å². The molecule has 1 saturated heterocycles. The Morgan fingerprint density at radius 2 is 1.96 bits per heavy atom. The maximum Gasteiger partial charge on any atom is 0.254 e. The molecule has 0 radical (unpaired) electrons. The Hall–Kier alpha value is -2.22. The number of halogens is 1. The zero-order chi connectivity index (χ0) is 18.9. The van der Waals surface area contributed by atoms with Gasteiger partial charge in [-0.3, -0.25) is 9.69 Å². The van der Waals surface area contributed by atoms with Crippen LogP contribution in [-0.2, 0) is 11.2 Å². The minimum Gasteiger partial charge on any atom is -0.379 e. The molecule has 0 bridgehead atoms. The molecule has 1 aromatic heterocycles. The third kappa shape index (κ3) is 6.46. The Kier molecular flexibility index (Phi) is 7.38. The molecule has 0 spiro atoms. The van der Waals surface area contributed by atoms with Crippen LogP contribution < -0.4 is 10.6 Å². The van der Waals surface area contributed by atoms with E-state index in [4.69, 9.17) is 16.3 Å². The average Bonchev–Trinajstić information content (AvgIpc) is 2.69. The lowest BCUT2D eigenvalue weighted by Gasteiger charge is -2.26. The number of carbonyl (C=O) groups is 1. The van der Waals surface area contributed by atoms with Gasteiger partial charge in [-0.25, -0.2) is 9.97 Å². The van der Waals surface area contributed by atoms with Gasteiger partial charge in [0.1, 0.15) is 0 Å². The molecule has 27 heavy (non-hydrogen) atoms. The minimum atomic E-state index is -0.183. The van der Waals surface area contributed by atoms with Gasteiger partial charge in [-0.05, 0) is 24.1 Å². The fourth-order valence-corrected chi connectivity index (χ4v) is 3.01. The monoisotopic (exact) mass is 389 g/mol. The van der Waals surface area contributed by atoms with E-state index in [-0.39, 0.29) is 5.91 Å². The van der Waals surface area contributed by atoms with Crippen LogP contribution >= 0.6 is 11.6 Å². The van der Waals surface area contributed by atoms with E-state index < -0.39 is 0 Å². The zero-order valence-electron chi connectivity index (χ0n) is 15.2. The van der Waals surface area contributed by atoms with Crippen LogP contribution in [0.25, 0.3) is 0 Å². The standard InChI is InChI=1S/C19H24ClN5O2/c20-17-3-1-2-15(12-17)4-5-21-18(26)16-13-23-19(24-14-16)22-6-7-25-8-10-27-11-9-25/h1-3,12-14H,4-11H2,(H,21,26)(H,22,23,24). The topological polar surface area (TPSA) is 79.4 Å². The van der Waals surface area contributed by atoms with Gasteiger partial charge in [-0.1, -0.05) is 23.7 Å². The molecule has 1 aliphatic heterocycles. The van der Waals surface area contributed by atoms with Crippen LogP contribution in [0.4, 0.5) is 5.95 Å². The third-order valence-corrected chi connectivity index (χ3v) is 4.55. The first-order valence-corrected chi connectivity index (χ1v) is 9.47. The number of hydrogen-bond acceptors (Lipinski definition) is 6. The first-order valence-electron chi connectivity index (χ1n) is 9.09. The highest BCUT2D eigenvalue weighted by atomic mass is 35.5. The summed E-state index contributed by atoms with van der Waals surface area (Å²) >= 11 is 5.96. The van der Waals surface area contributed by atoms with Crippen molar-refractivity contribution in [1.82, 2.24) is 20.2 Å². The van der Waals surface area contributed by atoms with E-state index in [1.165, 1.54) is 0 Å². The van der Waals surface area contributed by atoms with Gasteiger partial charge in [0, 0.05) is 50.1 Å². The highest BCUT2D eigenvalue weighted by Crippen LogP contribution is 2.10. The maximum atomic E-state index is 12.2. The molecule has 2 heterocycles. The van der Waals surface area contributed by atoms with Crippen molar-refractivity contribution < 1.29 is 9.53 Å². The number of nitrogens with zero attached hydrogens (tertiary/aromatic N) is 3. The molecule has 1 aromatic carbocycles. The molecule has 0 atom stereocenters. The van der Waals surface area contributed by atoms with Crippen molar-refractivity contribution in [2.24, 2.45) is 0 Å². The van der Waals surface area contributed by atoms with Gasteiger partial charge in [0.2, 0.25) is 5.95 Å². The van der Waals surface area contributed by atoms with Gasteiger partial charge in [-0.2, -0.15) is 0 Å². The van der Waals surface area contributed by atoms with Gasteiger partial charge in [-0.15, -0.1) is 0 Å². The predicted octanol–water partition coefficient (Wildman–Crippen LogP) is 1.85. The number of amides is 1. The molecule has 1 aliphatic rings. The number of carbonyl (C=O) groups excluding carboxylic acids is 1. The van der Waals surface area contributed by atoms with Gasteiger partial charge in [0.15, 0.2) is 0 Å². The first kappa shape index (κ1) is 19.5. The number of benzene rings is 1. The lowest BCUT2D eigenvalue weighted by atomic mass is 10.1. The SMILES string of the molecule is O=C(NCCc1cccc(Cl)c1)c1cnc(NCCN2CCOCC2)nc1. The van der Waals surface area contributed by atoms with Crippen LogP contribution in [0.2, 0.25) is 5.02 Å². The maximum absolute atomic E-state index is 12.2. The van der Waals surface area contributed by atoms with Crippen LogP contribution in [0.15, 0.2) is 36.7 Å². The first-order chi connectivity index (χ1) is 13.2. The summed E-state index contributed by atoms with van der Waals surface area (Å²) in [6.07, 6.45) is 3.80. The largest absolute Gasteiger partial charge is 0.379 e. The molecule has 7 nitrogen and oxygen atoms in total. The zero-order valence-corrected chi connectivity index (χ0v) is 15.9. The Labute approximate surface area is 164 Å². The van der Waals surface area contributed by atoms with E-state index in [0.29, 0.717) is 29.5 Å². The molecule has 2 aromatic rings. The Balaban J connectivity index is 1.38. The molecular formula is C19H24ClN5O2. The summed E-state index contributed by atoms with van der Waals surface area (Å²) in [5, 5.41) is 6.75. The summed E-state index contributed by atoms with van der Waals surface area (Å²) in [6.45, 7) is 5.69. The number of aromatic nitrogens is 2. The molecular weight excluding hydrogens is 366 g/mol. The van der Waals surface area contributed by atoms with Crippen molar-refractivity contribution in [3.63, 3.8) is 0 Å². The average molecular weight is 390 g/mol. The summed E-state index contributed by atoms with van der Waals surface area (Å²) < 4.78 is 5.33. The second-order valence-corrected chi connectivity index (χ2v) is 6.75. The highest BCUT2D eigenvalue weighted by Gasteiger charge is 2.10. The van der Waals surface area contributed by atoms with E-state index in [2.05, 4.69) is 25.5 Å². The van der Waals surface area contributed by atoms with Crippen LogP contribution in [-0.4, -0.2) is 66.7 Å². The van der Waals surface area contributed by atoms with Gasteiger partial charge >= 0.3 is 0 Å². The van der Waals surface area contributed by atoms with E-state index in [1.54, 1.807) is 12.4 Å². The van der Waals surface area contributed by atoms with Crippen molar-refractivity contribution in [3.05, 3.63) is 52.8 Å². The van der Waals surface area contributed by atoms with E-state index in [9.17, 15) is 4.79 Å². The molecule has 3 rings (SSSR count). The Morgan fingerprint density at radius 1 is 1.19 bits per heavy atom. The van der Waals surface area contributed by atoms with Gasteiger partial charge in [0.25, 0.3) is 5.91 Å². The molecule has 0 aliphatic carbocycles. The Morgan fingerprint density at radius 3 is 2.70 bits per heavy atom. The van der Waals surface area contributed by atoms with Gasteiger partial charge < -0.3 is 15.4 Å². The lowest BCUT2D eigenvalue weighted by molar-refractivity contribution is 0.0398. The molecule has 144 valence electrons. The molecule has 0 unspecified atom stereocenters. The molecule has 2 N–H and O–H groups in total. The highest BCUT2D eigenvalue weighted by molar-refractivity contribution is 6.30. The van der Waals surface area contributed by atoms with Crippen molar-refractivity contribution in [2.75, 3.05) is 51.3 Å². The number of nitrogens with one attached hydrogen (secondary N) is 2. The smallest absolute Gasteiger partial charge is 0.254 e. The second-order valence-electron chi connectivity index (χ2n) is 6.31. The number of morpholine rings is 1. The fraction of sp³-hybridized carbons (Fsp3) is 0.421. The normalized spacial score (nSPS) is 14.7. The minimum absolute atomic E-state index is 0.183. The molecule has 8 heteroatoms. The summed E-state index contributed by atoms with van der Waals surface area (Å²) in [5.74, 6) is 0.343. The lowest BCUT2D eigenvalue weighted by Crippen LogP contribution is -2.39. The van der Waals surface area contributed by atoms with Crippen LogP contribution in [0, 0.1) is 0 Å². The van der Waals surface area contributed by atoms with Gasteiger partial charge in [0.05, 0.1) is 18.8 Å². The molecule has 1 fully saturated rings. The van der Waals surface area contributed by atoms with Crippen molar-refractivity contribution >= 4 is 23.5 Å². The summed E-state index contributed by atoms with van der Waals surface area (Å²) in [5.41, 5.74) is 1.53. The van der Waals surface area contributed by atoms with Crippen molar-refractivity contribution in [2.45, 2.75) is 6.42 Å². The van der Waals surface area contributed by atoms with Crippen LogP contribution in [0.1, 0.15) is 15.9 Å².